The zero-order valence-corrected chi connectivity index (χ0v) is 21.3. The maximum absolute atomic E-state index is 9.71. The van der Waals surface area contributed by atoms with Crippen LogP contribution in [0.3, 0.4) is 0 Å². The second-order valence-electron chi connectivity index (χ2n) is 9.93. The fraction of sp³-hybridized carbons (Fsp3) is 0.429. The average molecular weight is 513 g/mol. The molecule has 6 rings (SSSR count). The molecule has 0 saturated carbocycles. The van der Waals surface area contributed by atoms with Crippen molar-refractivity contribution in [2.75, 3.05) is 62.7 Å². The molecule has 3 aliphatic rings. The summed E-state index contributed by atoms with van der Waals surface area (Å²) in [7, 11) is 0. The summed E-state index contributed by atoms with van der Waals surface area (Å²) in [5, 5.41) is 16.3. The Labute approximate surface area is 222 Å². The number of anilines is 3. The average Bonchev–Trinajstić information content (AvgIpc) is 2.94. The van der Waals surface area contributed by atoms with Gasteiger partial charge in [0.15, 0.2) is 5.82 Å². The van der Waals surface area contributed by atoms with Crippen molar-refractivity contribution in [1.82, 2.24) is 25.2 Å². The number of aromatic nitrogens is 3. The SMILES string of the molecule is N#Cc1cc(-c2ncnc(Nc3ccc(N4CCN(C5COC5)CC4)cc3)n2)ccc1OC1CCCNC1. The van der Waals surface area contributed by atoms with E-state index in [0.717, 1.165) is 76.6 Å². The number of piperidine rings is 1. The van der Waals surface area contributed by atoms with Gasteiger partial charge in [-0.1, -0.05) is 0 Å². The third kappa shape index (κ3) is 5.55. The number of nitrogens with one attached hydrogen (secondary N) is 2. The van der Waals surface area contributed by atoms with Gasteiger partial charge in [-0.15, -0.1) is 0 Å². The van der Waals surface area contributed by atoms with Crippen molar-refractivity contribution in [3.63, 3.8) is 0 Å². The van der Waals surface area contributed by atoms with Crippen LogP contribution >= 0.6 is 0 Å². The van der Waals surface area contributed by atoms with Crippen molar-refractivity contribution in [1.29, 1.82) is 5.26 Å². The Morgan fingerprint density at radius 2 is 1.89 bits per heavy atom. The van der Waals surface area contributed by atoms with Gasteiger partial charge in [0, 0.05) is 49.7 Å². The van der Waals surface area contributed by atoms with Gasteiger partial charge in [-0.25, -0.2) is 9.97 Å². The third-order valence-electron chi connectivity index (χ3n) is 7.42. The second-order valence-corrected chi connectivity index (χ2v) is 9.93. The minimum Gasteiger partial charge on any atom is -0.488 e. The number of nitrogens with zero attached hydrogens (tertiary/aromatic N) is 6. The third-order valence-corrected chi connectivity index (χ3v) is 7.42. The van der Waals surface area contributed by atoms with Gasteiger partial charge in [0.25, 0.3) is 0 Å². The lowest BCUT2D eigenvalue weighted by Gasteiger charge is -2.43. The predicted molar refractivity (Wildman–Crippen MR) is 145 cm³/mol. The summed E-state index contributed by atoms with van der Waals surface area (Å²) < 4.78 is 11.4. The Morgan fingerprint density at radius 1 is 1.05 bits per heavy atom. The second kappa shape index (κ2) is 11.3. The first-order valence-corrected chi connectivity index (χ1v) is 13.3. The van der Waals surface area contributed by atoms with Crippen molar-refractivity contribution >= 4 is 17.3 Å². The molecule has 3 fully saturated rings. The molecule has 2 aromatic carbocycles. The van der Waals surface area contributed by atoms with Crippen molar-refractivity contribution in [2.24, 2.45) is 0 Å². The van der Waals surface area contributed by atoms with Gasteiger partial charge < -0.3 is 25.0 Å². The summed E-state index contributed by atoms with van der Waals surface area (Å²) in [6, 6.07) is 16.7. The van der Waals surface area contributed by atoms with E-state index in [0.29, 0.717) is 29.1 Å². The number of hydrogen-bond acceptors (Lipinski definition) is 10. The molecule has 196 valence electrons. The predicted octanol–water partition coefficient (Wildman–Crippen LogP) is 2.81. The number of rotatable bonds is 7. The number of nitriles is 1. The van der Waals surface area contributed by atoms with Crippen LogP contribution in [0.25, 0.3) is 11.4 Å². The maximum Gasteiger partial charge on any atom is 0.230 e. The van der Waals surface area contributed by atoms with Crippen LogP contribution in [0.5, 0.6) is 5.75 Å². The molecule has 3 aliphatic heterocycles. The van der Waals surface area contributed by atoms with Gasteiger partial charge in [-0.3, -0.25) is 4.90 Å². The van der Waals surface area contributed by atoms with Crippen LogP contribution in [0.15, 0.2) is 48.8 Å². The zero-order valence-electron chi connectivity index (χ0n) is 21.3. The molecular formula is C28H32N8O2. The van der Waals surface area contributed by atoms with E-state index in [1.54, 1.807) is 6.07 Å². The number of piperazine rings is 1. The molecule has 10 heteroatoms. The highest BCUT2D eigenvalue weighted by Crippen LogP contribution is 2.27. The van der Waals surface area contributed by atoms with Crippen LogP contribution in [-0.2, 0) is 4.74 Å². The Morgan fingerprint density at radius 3 is 2.61 bits per heavy atom. The fourth-order valence-corrected chi connectivity index (χ4v) is 5.12. The van der Waals surface area contributed by atoms with Gasteiger partial charge in [0.1, 0.15) is 24.3 Å². The van der Waals surface area contributed by atoms with Crippen LogP contribution in [-0.4, -0.2) is 84.5 Å². The first kappa shape index (κ1) is 24.6. The fourth-order valence-electron chi connectivity index (χ4n) is 5.12. The van der Waals surface area contributed by atoms with Crippen LogP contribution < -0.4 is 20.3 Å². The van der Waals surface area contributed by atoms with Crippen LogP contribution in [0, 0.1) is 11.3 Å². The number of benzene rings is 2. The topological polar surface area (TPSA) is 111 Å². The van der Waals surface area contributed by atoms with Gasteiger partial charge in [0.2, 0.25) is 5.95 Å². The standard InChI is InChI=1S/C28H32N8O2/c29-15-21-14-20(3-8-26(21)38-25-2-1-9-30-16-25)27-31-19-32-28(34-27)33-22-4-6-23(7-5-22)35-10-12-36(13-11-35)24-17-37-18-24/h3-8,14,19,24-25,30H,1-2,9-13,16-18H2,(H,31,32,33,34). The van der Waals surface area contributed by atoms with E-state index in [4.69, 9.17) is 9.47 Å². The normalized spacial score (nSPS) is 20.4. The molecule has 3 saturated heterocycles. The van der Waals surface area contributed by atoms with Gasteiger partial charge in [-0.05, 0) is 61.9 Å². The van der Waals surface area contributed by atoms with Crippen molar-refractivity contribution in [3.05, 3.63) is 54.4 Å². The molecule has 0 spiro atoms. The molecule has 1 atom stereocenters. The summed E-state index contributed by atoms with van der Waals surface area (Å²) in [5.41, 5.74) is 3.33. The molecule has 10 nitrogen and oxygen atoms in total. The minimum absolute atomic E-state index is 0.0770. The van der Waals surface area contributed by atoms with E-state index in [2.05, 4.69) is 53.6 Å². The largest absolute Gasteiger partial charge is 0.488 e. The first-order valence-electron chi connectivity index (χ1n) is 13.3. The molecule has 0 aliphatic carbocycles. The Balaban J connectivity index is 1.10. The minimum atomic E-state index is 0.0770. The summed E-state index contributed by atoms with van der Waals surface area (Å²) >= 11 is 0. The molecule has 3 aromatic rings. The van der Waals surface area contributed by atoms with Crippen LogP contribution in [0.4, 0.5) is 17.3 Å². The van der Waals surface area contributed by atoms with Gasteiger partial charge in [0.05, 0.1) is 24.8 Å². The lowest BCUT2D eigenvalue weighted by Crippen LogP contribution is -2.56. The molecular weight excluding hydrogens is 480 g/mol. The quantitative estimate of drug-likeness (QED) is 0.490. The molecule has 2 N–H and O–H groups in total. The molecule has 0 bridgehead atoms. The number of ether oxygens (including phenoxy) is 2. The molecule has 4 heterocycles. The van der Waals surface area contributed by atoms with E-state index >= 15 is 0 Å². The van der Waals surface area contributed by atoms with Crippen LogP contribution in [0.1, 0.15) is 18.4 Å². The summed E-state index contributed by atoms with van der Waals surface area (Å²) in [4.78, 5) is 18.2. The van der Waals surface area contributed by atoms with E-state index in [-0.39, 0.29) is 6.10 Å². The summed E-state index contributed by atoms with van der Waals surface area (Å²) in [5.74, 6) is 1.54. The van der Waals surface area contributed by atoms with E-state index in [9.17, 15) is 5.26 Å². The highest BCUT2D eigenvalue weighted by molar-refractivity contribution is 5.64. The van der Waals surface area contributed by atoms with E-state index in [1.165, 1.54) is 12.0 Å². The van der Waals surface area contributed by atoms with Crippen LogP contribution in [0.2, 0.25) is 0 Å². The van der Waals surface area contributed by atoms with Crippen molar-refractivity contribution < 1.29 is 9.47 Å². The lowest BCUT2D eigenvalue weighted by molar-refractivity contribution is -0.0660. The Hall–Kier alpha value is -3.78. The Kier molecular flexibility index (Phi) is 7.31. The maximum atomic E-state index is 9.71. The van der Waals surface area contributed by atoms with Gasteiger partial charge in [-0.2, -0.15) is 10.2 Å². The monoisotopic (exact) mass is 512 g/mol. The summed E-state index contributed by atoms with van der Waals surface area (Å²) in [6.07, 6.45) is 3.61. The molecule has 0 radical (unpaired) electrons. The highest BCUT2D eigenvalue weighted by atomic mass is 16.5. The number of hydrogen-bond donors (Lipinski definition) is 2. The van der Waals surface area contributed by atoms with Gasteiger partial charge >= 0.3 is 0 Å². The van der Waals surface area contributed by atoms with Crippen molar-refractivity contribution in [2.45, 2.75) is 25.0 Å². The summed E-state index contributed by atoms with van der Waals surface area (Å²) in [6.45, 7) is 7.73. The highest BCUT2D eigenvalue weighted by Gasteiger charge is 2.28. The van der Waals surface area contributed by atoms with Crippen molar-refractivity contribution in [3.8, 4) is 23.2 Å². The smallest absolute Gasteiger partial charge is 0.230 e. The van der Waals surface area contributed by atoms with E-state index < -0.39 is 0 Å². The Bertz CT molecular complexity index is 1280. The molecule has 1 unspecified atom stereocenters. The molecule has 38 heavy (non-hydrogen) atoms. The molecule has 1 aromatic heterocycles. The lowest BCUT2D eigenvalue weighted by atomic mass is 10.1. The molecule has 0 amide bonds. The van der Waals surface area contributed by atoms with E-state index in [1.807, 2.05) is 24.3 Å². The first-order chi connectivity index (χ1) is 18.7. The zero-order chi connectivity index (χ0) is 25.7.